The quantitative estimate of drug-likeness (QED) is 0.677. The smallest absolute Gasteiger partial charge is 0.321 e. The number of piperidine rings is 1. The Kier molecular flexibility index (Phi) is 4.44. The Hall–Kier alpha value is -2.12. The van der Waals surface area contributed by atoms with E-state index in [4.69, 9.17) is 5.11 Å². The molecule has 0 aliphatic carbocycles. The van der Waals surface area contributed by atoms with E-state index in [0.29, 0.717) is 25.8 Å². The van der Waals surface area contributed by atoms with Crippen molar-refractivity contribution in [3.05, 3.63) is 0 Å². The lowest BCUT2D eigenvalue weighted by Gasteiger charge is -2.39. The second-order valence-electron chi connectivity index (χ2n) is 5.37. The van der Waals surface area contributed by atoms with Gasteiger partial charge in [0.2, 0.25) is 11.8 Å². The molecule has 0 saturated carbocycles. The van der Waals surface area contributed by atoms with E-state index in [9.17, 15) is 19.2 Å². The minimum Gasteiger partial charge on any atom is -0.481 e. The van der Waals surface area contributed by atoms with E-state index < -0.39 is 35.8 Å². The summed E-state index contributed by atoms with van der Waals surface area (Å²) < 4.78 is 0. The predicted octanol–water partition coefficient (Wildman–Crippen LogP) is -0.360. The van der Waals surface area contributed by atoms with Gasteiger partial charge in [-0.25, -0.2) is 4.79 Å². The summed E-state index contributed by atoms with van der Waals surface area (Å²) in [7, 11) is 0. The summed E-state index contributed by atoms with van der Waals surface area (Å²) in [6, 6.07) is -1.11. The Balaban J connectivity index is 2.11. The van der Waals surface area contributed by atoms with E-state index in [2.05, 4.69) is 5.32 Å². The van der Waals surface area contributed by atoms with Gasteiger partial charge in [0.25, 0.3) is 0 Å². The van der Waals surface area contributed by atoms with Gasteiger partial charge >= 0.3 is 12.0 Å². The summed E-state index contributed by atoms with van der Waals surface area (Å²) in [4.78, 5) is 49.5. The number of hydrogen-bond acceptors (Lipinski definition) is 4. The molecule has 0 bridgehead atoms. The number of urea groups is 1. The van der Waals surface area contributed by atoms with Crippen molar-refractivity contribution >= 4 is 23.8 Å². The van der Waals surface area contributed by atoms with Crippen LogP contribution < -0.4 is 5.32 Å². The number of piperazine rings is 1. The molecule has 2 saturated heterocycles. The van der Waals surface area contributed by atoms with Gasteiger partial charge in [-0.05, 0) is 19.3 Å². The molecule has 2 aliphatic heterocycles. The van der Waals surface area contributed by atoms with Gasteiger partial charge in [0.15, 0.2) is 0 Å². The van der Waals surface area contributed by atoms with E-state index in [1.807, 2.05) is 0 Å². The highest BCUT2D eigenvalue weighted by Crippen LogP contribution is 2.20. The van der Waals surface area contributed by atoms with Crippen LogP contribution >= 0.6 is 0 Å². The van der Waals surface area contributed by atoms with Crippen LogP contribution in [-0.4, -0.2) is 64.4 Å². The van der Waals surface area contributed by atoms with Crippen LogP contribution in [0, 0.1) is 5.92 Å². The lowest BCUT2D eigenvalue weighted by molar-refractivity contribution is -0.144. The second kappa shape index (κ2) is 6.11. The normalized spacial score (nSPS) is 26.5. The topological polar surface area (TPSA) is 107 Å². The largest absolute Gasteiger partial charge is 0.481 e. The number of nitrogens with one attached hydrogen (secondary N) is 1. The Bertz CT molecular complexity index is 478. The summed E-state index contributed by atoms with van der Waals surface area (Å²) in [6.07, 6.45) is 1.55. The molecule has 0 spiro atoms. The molecule has 0 aromatic carbocycles. The Morgan fingerprint density at radius 2 is 2.10 bits per heavy atom. The van der Waals surface area contributed by atoms with Crippen LogP contribution in [0.25, 0.3) is 0 Å². The average Bonchev–Trinajstić information content (AvgIpc) is 2.45. The molecule has 2 unspecified atom stereocenters. The molecule has 8 nitrogen and oxygen atoms in total. The SMILES string of the molecule is CCC1C(=O)NC(=O)CN1C(=O)N1CCCC(C(=O)O)C1. The fourth-order valence-electron chi connectivity index (χ4n) is 2.81. The molecular formula is C13H19N3O5. The van der Waals surface area contributed by atoms with E-state index in [1.54, 1.807) is 6.92 Å². The van der Waals surface area contributed by atoms with Crippen LogP contribution in [0.15, 0.2) is 0 Å². The van der Waals surface area contributed by atoms with Gasteiger partial charge in [-0.3, -0.25) is 19.7 Å². The van der Waals surface area contributed by atoms with Crippen LogP contribution in [0.5, 0.6) is 0 Å². The number of likely N-dealkylation sites (tertiary alicyclic amines) is 1. The zero-order valence-electron chi connectivity index (χ0n) is 11.9. The van der Waals surface area contributed by atoms with Crippen molar-refractivity contribution in [2.24, 2.45) is 5.92 Å². The highest BCUT2D eigenvalue weighted by Gasteiger charge is 2.39. The van der Waals surface area contributed by atoms with Crippen molar-refractivity contribution in [3.8, 4) is 0 Å². The van der Waals surface area contributed by atoms with Crippen molar-refractivity contribution in [1.82, 2.24) is 15.1 Å². The number of carbonyl (C=O) groups excluding carboxylic acids is 3. The van der Waals surface area contributed by atoms with Crippen molar-refractivity contribution < 1.29 is 24.3 Å². The number of imide groups is 1. The summed E-state index contributed by atoms with van der Waals surface area (Å²) >= 11 is 0. The van der Waals surface area contributed by atoms with Crippen LogP contribution in [-0.2, 0) is 14.4 Å². The van der Waals surface area contributed by atoms with Crippen molar-refractivity contribution in [1.29, 1.82) is 0 Å². The summed E-state index contributed by atoms with van der Waals surface area (Å²) in [6.45, 7) is 2.16. The minimum absolute atomic E-state index is 0.122. The van der Waals surface area contributed by atoms with Crippen LogP contribution in [0.2, 0.25) is 0 Å². The minimum atomic E-state index is -0.924. The van der Waals surface area contributed by atoms with Gasteiger partial charge in [0, 0.05) is 13.1 Å². The molecule has 2 aliphatic rings. The van der Waals surface area contributed by atoms with Crippen LogP contribution in [0.1, 0.15) is 26.2 Å². The van der Waals surface area contributed by atoms with Crippen LogP contribution in [0.3, 0.4) is 0 Å². The third-order valence-corrected chi connectivity index (χ3v) is 3.93. The molecular weight excluding hydrogens is 278 g/mol. The van der Waals surface area contributed by atoms with Gasteiger partial charge in [-0.1, -0.05) is 6.92 Å². The van der Waals surface area contributed by atoms with Crippen molar-refractivity contribution in [2.45, 2.75) is 32.2 Å². The Morgan fingerprint density at radius 1 is 1.38 bits per heavy atom. The molecule has 2 heterocycles. The predicted molar refractivity (Wildman–Crippen MR) is 71.3 cm³/mol. The first kappa shape index (κ1) is 15.3. The van der Waals surface area contributed by atoms with Gasteiger partial charge in [0.1, 0.15) is 12.6 Å². The number of hydrogen-bond donors (Lipinski definition) is 2. The van der Waals surface area contributed by atoms with E-state index in [-0.39, 0.29) is 13.1 Å². The first-order valence-electron chi connectivity index (χ1n) is 7.06. The maximum absolute atomic E-state index is 12.5. The lowest BCUT2D eigenvalue weighted by Crippen LogP contribution is -2.62. The average molecular weight is 297 g/mol. The zero-order chi connectivity index (χ0) is 15.6. The number of carbonyl (C=O) groups is 4. The third-order valence-electron chi connectivity index (χ3n) is 3.93. The molecule has 21 heavy (non-hydrogen) atoms. The summed E-state index contributed by atoms with van der Waals surface area (Å²) in [5.74, 6) is -2.50. The number of nitrogens with zero attached hydrogens (tertiary/aromatic N) is 2. The van der Waals surface area contributed by atoms with Gasteiger partial charge in [-0.15, -0.1) is 0 Å². The molecule has 8 heteroatoms. The van der Waals surface area contributed by atoms with Gasteiger partial charge in [0.05, 0.1) is 5.92 Å². The van der Waals surface area contributed by atoms with Crippen molar-refractivity contribution in [3.63, 3.8) is 0 Å². The Labute approximate surface area is 122 Å². The zero-order valence-corrected chi connectivity index (χ0v) is 11.9. The fourth-order valence-corrected chi connectivity index (χ4v) is 2.81. The number of aliphatic carboxylic acids is 1. The number of rotatable bonds is 2. The fraction of sp³-hybridized carbons (Fsp3) is 0.692. The first-order valence-corrected chi connectivity index (χ1v) is 7.06. The lowest BCUT2D eigenvalue weighted by atomic mass is 9.98. The van der Waals surface area contributed by atoms with E-state index in [0.717, 1.165) is 0 Å². The summed E-state index contributed by atoms with van der Waals surface area (Å²) in [5.41, 5.74) is 0. The summed E-state index contributed by atoms with van der Waals surface area (Å²) in [5, 5.41) is 11.3. The second-order valence-corrected chi connectivity index (χ2v) is 5.37. The van der Waals surface area contributed by atoms with E-state index >= 15 is 0 Å². The monoisotopic (exact) mass is 297 g/mol. The maximum atomic E-state index is 12.5. The maximum Gasteiger partial charge on any atom is 0.321 e. The molecule has 116 valence electrons. The highest BCUT2D eigenvalue weighted by molar-refractivity contribution is 6.04. The first-order chi connectivity index (χ1) is 9.93. The molecule has 0 radical (unpaired) electrons. The molecule has 2 rings (SSSR count). The van der Waals surface area contributed by atoms with E-state index in [1.165, 1.54) is 9.80 Å². The Morgan fingerprint density at radius 3 is 2.71 bits per heavy atom. The highest BCUT2D eigenvalue weighted by atomic mass is 16.4. The standard InChI is InChI=1S/C13H19N3O5/c1-2-9-11(18)14-10(17)7-16(9)13(21)15-5-3-4-8(6-15)12(19)20/h8-9H,2-7H2,1H3,(H,19,20)(H,14,17,18). The molecule has 2 atom stereocenters. The van der Waals surface area contributed by atoms with Crippen LogP contribution in [0.4, 0.5) is 4.79 Å². The van der Waals surface area contributed by atoms with Gasteiger partial charge in [-0.2, -0.15) is 0 Å². The molecule has 4 amide bonds. The van der Waals surface area contributed by atoms with Gasteiger partial charge < -0.3 is 14.9 Å². The molecule has 0 aromatic heterocycles. The molecule has 0 aromatic rings. The van der Waals surface area contributed by atoms with Crippen molar-refractivity contribution in [2.75, 3.05) is 19.6 Å². The third kappa shape index (κ3) is 3.14. The molecule has 2 fully saturated rings. The number of carboxylic acid groups (broad SMARTS) is 1. The number of carboxylic acids is 1. The number of amides is 4. The molecule has 2 N–H and O–H groups in total.